The van der Waals surface area contributed by atoms with Gasteiger partial charge in [-0.15, -0.1) is 0 Å². The van der Waals surface area contributed by atoms with Gasteiger partial charge in [-0.3, -0.25) is 20.5 Å². The lowest BCUT2D eigenvalue weighted by Crippen LogP contribution is -2.12. The van der Waals surface area contributed by atoms with Crippen molar-refractivity contribution in [3.63, 3.8) is 0 Å². The van der Waals surface area contributed by atoms with E-state index in [4.69, 9.17) is 15.9 Å². The Hall–Kier alpha value is -2.96. The van der Waals surface area contributed by atoms with Crippen LogP contribution in [0.5, 0.6) is 11.5 Å². The first-order chi connectivity index (χ1) is 9.49. The first-order valence-corrected chi connectivity index (χ1v) is 5.70. The van der Waals surface area contributed by atoms with Crippen LogP contribution in [0.3, 0.4) is 0 Å². The SMILES string of the molecule is Cc1cc([N+](=O)[O-])ccc1Oc1cnccc1C(=N)N. The van der Waals surface area contributed by atoms with E-state index in [2.05, 4.69) is 4.98 Å². The van der Waals surface area contributed by atoms with Gasteiger partial charge in [-0.05, 0) is 24.6 Å². The highest BCUT2D eigenvalue weighted by atomic mass is 16.6. The number of ether oxygens (including phenoxy) is 1. The monoisotopic (exact) mass is 272 g/mol. The summed E-state index contributed by atoms with van der Waals surface area (Å²) in [5.41, 5.74) is 6.47. The van der Waals surface area contributed by atoms with E-state index < -0.39 is 4.92 Å². The molecule has 0 aliphatic rings. The van der Waals surface area contributed by atoms with Gasteiger partial charge in [0.2, 0.25) is 0 Å². The van der Waals surface area contributed by atoms with Gasteiger partial charge in [0.1, 0.15) is 11.6 Å². The molecule has 2 aromatic rings. The van der Waals surface area contributed by atoms with Gasteiger partial charge in [0.25, 0.3) is 5.69 Å². The quantitative estimate of drug-likeness (QED) is 0.383. The minimum Gasteiger partial charge on any atom is -0.455 e. The first-order valence-electron chi connectivity index (χ1n) is 5.70. The average Bonchev–Trinajstić information content (AvgIpc) is 2.41. The van der Waals surface area contributed by atoms with Gasteiger partial charge in [0.05, 0.1) is 16.7 Å². The molecule has 1 aromatic heterocycles. The molecule has 1 heterocycles. The number of rotatable bonds is 4. The average molecular weight is 272 g/mol. The van der Waals surface area contributed by atoms with E-state index in [1.54, 1.807) is 13.0 Å². The van der Waals surface area contributed by atoms with Crippen molar-refractivity contribution in [2.24, 2.45) is 5.73 Å². The number of hydrogen-bond donors (Lipinski definition) is 2. The maximum atomic E-state index is 10.7. The second kappa shape index (κ2) is 5.35. The summed E-state index contributed by atoms with van der Waals surface area (Å²) in [5, 5.41) is 18.1. The number of benzene rings is 1. The van der Waals surface area contributed by atoms with Crippen molar-refractivity contribution >= 4 is 11.5 Å². The van der Waals surface area contributed by atoms with Crippen LogP contribution < -0.4 is 10.5 Å². The van der Waals surface area contributed by atoms with Crippen molar-refractivity contribution in [2.75, 3.05) is 0 Å². The third kappa shape index (κ3) is 2.72. The van der Waals surface area contributed by atoms with Crippen molar-refractivity contribution < 1.29 is 9.66 Å². The zero-order valence-corrected chi connectivity index (χ0v) is 10.7. The Balaban J connectivity index is 2.36. The van der Waals surface area contributed by atoms with Gasteiger partial charge < -0.3 is 10.5 Å². The van der Waals surface area contributed by atoms with Crippen LogP contribution in [0.25, 0.3) is 0 Å². The van der Waals surface area contributed by atoms with Crippen LogP contribution in [-0.2, 0) is 0 Å². The number of nitrogens with two attached hydrogens (primary N) is 1. The molecule has 0 unspecified atom stereocenters. The standard InChI is InChI=1S/C13H12N4O3/c1-8-6-9(17(18)19)2-3-11(8)20-12-7-16-5-4-10(12)13(14)15/h2-7H,1H3,(H3,14,15). The second-order valence-corrected chi connectivity index (χ2v) is 4.09. The summed E-state index contributed by atoms with van der Waals surface area (Å²) in [7, 11) is 0. The highest BCUT2D eigenvalue weighted by Gasteiger charge is 2.12. The van der Waals surface area contributed by atoms with E-state index in [0.29, 0.717) is 22.6 Å². The van der Waals surface area contributed by atoms with Crippen LogP contribution in [-0.4, -0.2) is 15.7 Å². The predicted molar refractivity (Wildman–Crippen MR) is 73.2 cm³/mol. The third-order valence-electron chi connectivity index (χ3n) is 2.66. The van der Waals surface area contributed by atoms with Gasteiger partial charge in [-0.25, -0.2) is 0 Å². The molecule has 3 N–H and O–H groups in total. The minimum absolute atomic E-state index is 0.00664. The van der Waals surface area contributed by atoms with Gasteiger partial charge in [0.15, 0.2) is 5.75 Å². The molecular weight excluding hydrogens is 260 g/mol. The summed E-state index contributed by atoms with van der Waals surface area (Å²) in [5.74, 6) is 0.644. The molecule has 102 valence electrons. The van der Waals surface area contributed by atoms with Crippen molar-refractivity contribution in [3.8, 4) is 11.5 Å². The number of nitrogens with zero attached hydrogens (tertiary/aromatic N) is 2. The Kier molecular flexibility index (Phi) is 3.60. The molecule has 0 bridgehead atoms. The highest BCUT2D eigenvalue weighted by Crippen LogP contribution is 2.29. The molecule has 1 aromatic carbocycles. The number of nitrogen functional groups attached to an aromatic ring is 1. The summed E-state index contributed by atoms with van der Waals surface area (Å²) < 4.78 is 5.63. The Labute approximate surface area is 114 Å². The third-order valence-corrected chi connectivity index (χ3v) is 2.66. The highest BCUT2D eigenvalue weighted by molar-refractivity contribution is 5.97. The van der Waals surface area contributed by atoms with Gasteiger partial charge in [-0.2, -0.15) is 0 Å². The molecule has 0 amide bonds. The fourth-order valence-corrected chi connectivity index (χ4v) is 1.66. The summed E-state index contributed by atoms with van der Waals surface area (Å²) in [6.45, 7) is 1.70. The lowest BCUT2D eigenvalue weighted by Gasteiger charge is -2.11. The molecule has 0 aliphatic carbocycles. The van der Waals surface area contributed by atoms with Gasteiger partial charge >= 0.3 is 0 Å². The zero-order chi connectivity index (χ0) is 14.7. The topological polar surface area (TPSA) is 115 Å². The fourth-order valence-electron chi connectivity index (χ4n) is 1.66. The maximum Gasteiger partial charge on any atom is 0.269 e. The number of nitrogens with one attached hydrogen (secondary N) is 1. The summed E-state index contributed by atoms with van der Waals surface area (Å²) in [6.07, 6.45) is 2.95. The van der Waals surface area contributed by atoms with Crippen LogP contribution in [0.4, 0.5) is 5.69 Å². The fraction of sp³-hybridized carbons (Fsp3) is 0.0769. The Morgan fingerprint density at radius 2 is 2.15 bits per heavy atom. The zero-order valence-electron chi connectivity index (χ0n) is 10.7. The van der Waals surface area contributed by atoms with Crippen LogP contribution >= 0.6 is 0 Å². The maximum absolute atomic E-state index is 10.7. The van der Waals surface area contributed by atoms with E-state index in [0.717, 1.165) is 0 Å². The Bertz CT molecular complexity index is 685. The summed E-state index contributed by atoms with van der Waals surface area (Å²) >= 11 is 0. The molecular formula is C13H12N4O3. The first kappa shape index (κ1) is 13.5. The largest absolute Gasteiger partial charge is 0.455 e. The van der Waals surface area contributed by atoms with Crippen molar-refractivity contribution in [1.29, 1.82) is 5.41 Å². The Morgan fingerprint density at radius 1 is 1.40 bits per heavy atom. The smallest absolute Gasteiger partial charge is 0.269 e. The summed E-state index contributed by atoms with van der Waals surface area (Å²) in [4.78, 5) is 14.1. The molecule has 2 rings (SSSR count). The van der Waals surface area contributed by atoms with E-state index in [9.17, 15) is 10.1 Å². The van der Waals surface area contributed by atoms with Crippen LogP contribution in [0, 0.1) is 22.4 Å². The number of nitro benzene ring substituents is 1. The van der Waals surface area contributed by atoms with E-state index in [1.807, 2.05) is 0 Å². The van der Waals surface area contributed by atoms with E-state index >= 15 is 0 Å². The molecule has 0 spiro atoms. The number of non-ortho nitro benzene ring substituents is 1. The number of nitro groups is 1. The predicted octanol–water partition coefficient (Wildman–Crippen LogP) is 2.37. The van der Waals surface area contributed by atoms with Crippen LogP contribution in [0.15, 0.2) is 36.7 Å². The van der Waals surface area contributed by atoms with Gasteiger partial charge in [-0.1, -0.05) is 0 Å². The molecule has 0 saturated carbocycles. The lowest BCUT2D eigenvalue weighted by atomic mass is 10.2. The van der Waals surface area contributed by atoms with Crippen molar-refractivity contribution in [2.45, 2.75) is 6.92 Å². The molecule has 7 nitrogen and oxygen atoms in total. The van der Waals surface area contributed by atoms with Crippen LogP contribution in [0.1, 0.15) is 11.1 Å². The van der Waals surface area contributed by atoms with E-state index in [1.165, 1.54) is 30.6 Å². The Morgan fingerprint density at radius 3 is 2.75 bits per heavy atom. The number of aromatic nitrogens is 1. The molecule has 0 atom stereocenters. The molecule has 20 heavy (non-hydrogen) atoms. The normalized spacial score (nSPS) is 10.1. The van der Waals surface area contributed by atoms with Crippen molar-refractivity contribution in [1.82, 2.24) is 4.98 Å². The van der Waals surface area contributed by atoms with Crippen LogP contribution in [0.2, 0.25) is 0 Å². The summed E-state index contributed by atoms with van der Waals surface area (Å²) in [6, 6.07) is 5.84. The number of aryl methyl sites for hydroxylation is 1. The number of amidine groups is 1. The van der Waals surface area contributed by atoms with E-state index in [-0.39, 0.29) is 11.5 Å². The number of hydrogen-bond acceptors (Lipinski definition) is 5. The second-order valence-electron chi connectivity index (χ2n) is 4.09. The molecule has 0 saturated heterocycles. The molecule has 0 fully saturated rings. The number of pyridine rings is 1. The molecule has 0 aliphatic heterocycles. The lowest BCUT2D eigenvalue weighted by molar-refractivity contribution is -0.384. The van der Waals surface area contributed by atoms with Crippen molar-refractivity contribution in [3.05, 3.63) is 57.9 Å². The minimum atomic E-state index is -0.470. The molecule has 0 radical (unpaired) electrons. The van der Waals surface area contributed by atoms with Gasteiger partial charge in [0, 0.05) is 18.3 Å². The molecule has 7 heteroatoms.